The quantitative estimate of drug-likeness (QED) is 0.703. The highest BCUT2D eigenvalue weighted by Crippen LogP contribution is 2.26. The highest BCUT2D eigenvalue weighted by molar-refractivity contribution is 5.86. The average molecular weight is 227 g/mol. The van der Waals surface area contributed by atoms with Crippen LogP contribution in [0.3, 0.4) is 0 Å². The maximum absolute atomic E-state index is 11.9. The van der Waals surface area contributed by atoms with Gasteiger partial charge in [0.1, 0.15) is 0 Å². The van der Waals surface area contributed by atoms with Gasteiger partial charge in [0.05, 0.1) is 5.54 Å². The maximum atomic E-state index is 11.9. The summed E-state index contributed by atoms with van der Waals surface area (Å²) in [5.74, 6) is 0.0390. The van der Waals surface area contributed by atoms with Gasteiger partial charge in [0.15, 0.2) is 0 Å². The number of amides is 1. The zero-order valence-electron chi connectivity index (χ0n) is 10.6. The number of nitrogens with two attached hydrogens (primary N) is 1. The van der Waals surface area contributed by atoms with Gasteiger partial charge in [-0.25, -0.2) is 0 Å². The largest absolute Gasteiger partial charge is 0.353 e. The van der Waals surface area contributed by atoms with Crippen LogP contribution in [0.1, 0.15) is 39.5 Å². The summed E-state index contributed by atoms with van der Waals surface area (Å²) in [5, 5.41) is 2.96. The van der Waals surface area contributed by atoms with Crippen LogP contribution in [0.5, 0.6) is 0 Å². The molecule has 0 radical (unpaired) electrons. The summed E-state index contributed by atoms with van der Waals surface area (Å²) in [6, 6.07) is 0. The number of likely N-dealkylation sites (N-methyl/N-ethyl adjacent to an activating group) is 1. The summed E-state index contributed by atoms with van der Waals surface area (Å²) in [5.41, 5.74) is 5.48. The number of hydrogen-bond acceptors (Lipinski definition) is 3. The molecule has 0 aromatic rings. The van der Waals surface area contributed by atoms with Crippen LogP contribution in [0.2, 0.25) is 0 Å². The van der Waals surface area contributed by atoms with Crippen LogP contribution in [0.4, 0.5) is 0 Å². The lowest BCUT2D eigenvalue weighted by Crippen LogP contribution is -2.53. The molecule has 3 N–H and O–H groups in total. The van der Waals surface area contributed by atoms with Crippen LogP contribution in [0.25, 0.3) is 0 Å². The Morgan fingerprint density at radius 3 is 2.38 bits per heavy atom. The van der Waals surface area contributed by atoms with E-state index in [2.05, 4.69) is 24.1 Å². The van der Waals surface area contributed by atoms with E-state index in [0.29, 0.717) is 6.54 Å². The molecular weight excluding hydrogens is 202 g/mol. The van der Waals surface area contributed by atoms with Crippen molar-refractivity contribution in [3.8, 4) is 0 Å². The SMILES string of the molecule is CCN(CC)CCNC(=O)C1(N)CCCC1. The Kier molecular flexibility index (Phi) is 5.22. The molecule has 0 aliphatic heterocycles. The summed E-state index contributed by atoms with van der Waals surface area (Å²) >= 11 is 0. The first-order valence-corrected chi connectivity index (χ1v) is 6.42. The second-order valence-corrected chi connectivity index (χ2v) is 4.65. The fourth-order valence-electron chi connectivity index (χ4n) is 2.28. The highest BCUT2D eigenvalue weighted by atomic mass is 16.2. The van der Waals surface area contributed by atoms with Crippen LogP contribution in [0.15, 0.2) is 0 Å². The van der Waals surface area contributed by atoms with Crippen molar-refractivity contribution in [1.29, 1.82) is 0 Å². The Morgan fingerprint density at radius 1 is 1.31 bits per heavy atom. The van der Waals surface area contributed by atoms with E-state index in [9.17, 15) is 4.79 Å². The third-order valence-electron chi connectivity index (χ3n) is 3.56. The van der Waals surface area contributed by atoms with Crippen molar-refractivity contribution in [2.75, 3.05) is 26.2 Å². The second kappa shape index (κ2) is 6.21. The Labute approximate surface area is 98.6 Å². The monoisotopic (exact) mass is 227 g/mol. The fourth-order valence-corrected chi connectivity index (χ4v) is 2.28. The van der Waals surface area contributed by atoms with Crippen molar-refractivity contribution in [2.45, 2.75) is 45.1 Å². The minimum absolute atomic E-state index is 0.0390. The first kappa shape index (κ1) is 13.5. The molecule has 0 aromatic heterocycles. The number of rotatable bonds is 6. The Balaban J connectivity index is 2.24. The van der Waals surface area contributed by atoms with Gasteiger partial charge in [0.2, 0.25) is 5.91 Å². The first-order chi connectivity index (χ1) is 7.62. The average Bonchev–Trinajstić information content (AvgIpc) is 2.72. The molecule has 1 rings (SSSR count). The molecule has 0 bridgehead atoms. The molecule has 1 fully saturated rings. The predicted octanol–water partition coefficient (Wildman–Crippen LogP) is 0.716. The van der Waals surface area contributed by atoms with Crippen molar-refractivity contribution in [1.82, 2.24) is 10.2 Å². The number of nitrogens with zero attached hydrogens (tertiary/aromatic N) is 1. The molecule has 0 spiro atoms. The van der Waals surface area contributed by atoms with E-state index in [4.69, 9.17) is 5.73 Å². The van der Waals surface area contributed by atoms with E-state index in [-0.39, 0.29) is 5.91 Å². The Hall–Kier alpha value is -0.610. The van der Waals surface area contributed by atoms with Crippen molar-refractivity contribution >= 4 is 5.91 Å². The number of carbonyl (C=O) groups excluding carboxylic acids is 1. The molecule has 0 heterocycles. The smallest absolute Gasteiger partial charge is 0.240 e. The molecule has 0 unspecified atom stereocenters. The van der Waals surface area contributed by atoms with E-state index >= 15 is 0 Å². The lowest BCUT2D eigenvalue weighted by atomic mass is 9.98. The summed E-state index contributed by atoms with van der Waals surface area (Å²) < 4.78 is 0. The highest BCUT2D eigenvalue weighted by Gasteiger charge is 2.36. The van der Waals surface area contributed by atoms with Gasteiger partial charge in [0.25, 0.3) is 0 Å². The topological polar surface area (TPSA) is 58.4 Å². The summed E-state index contributed by atoms with van der Waals surface area (Å²) in [7, 11) is 0. The molecule has 1 aliphatic carbocycles. The van der Waals surface area contributed by atoms with Crippen LogP contribution in [0, 0.1) is 0 Å². The van der Waals surface area contributed by atoms with Gasteiger partial charge >= 0.3 is 0 Å². The zero-order valence-corrected chi connectivity index (χ0v) is 10.6. The van der Waals surface area contributed by atoms with Gasteiger partial charge in [0, 0.05) is 13.1 Å². The van der Waals surface area contributed by atoms with Crippen molar-refractivity contribution < 1.29 is 4.79 Å². The Bertz CT molecular complexity index is 220. The molecule has 94 valence electrons. The maximum Gasteiger partial charge on any atom is 0.240 e. The predicted molar refractivity (Wildman–Crippen MR) is 66.2 cm³/mol. The number of carbonyl (C=O) groups is 1. The first-order valence-electron chi connectivity index (χ1n) is 6.42. The van der Waals surface area contributed by atoms with Crippen LogP contribution < -0.4 is 11.1 Å². The van der Waals surface area contributed by atoms with E-state index in [0.717, 1.165) is 45.3 Å². The van der Waals surface area contributed by atoms with E-state index in [1.165, 1.54) is 0 Å². The molecule has 0 saturated heterocycles. The molecule has 0 atom stereocenters. The second-order valence-electron chi connectivity index (χ2n) is 4.65. The summed E-state index contributed by atoms with van der Waals surface area (Å²) in [6.07, 6.45) is 3.84. The molecule has 1 amide bonds. The zero-order chi connectivity index (χ0) is 12.0. The fraction of sp³-hybridized carbons (Fsp3) is 0.917. The molecule has 16 heavy (non-hydrogen) atoms. The third kappa shape index (κ3) is 3.46. The number of hydrogen-bond donors (Lipinski definition) is 2. The summed E-state index contributed by atoms with van der Waals surface area (Å²) in [6.45, 7) is 7.94. The standard InChI is InChI=1S/C12H25N3O/c1-3-15(4-2)10-9-14-11(16)12(13)7-5-6-8-12/h3-10,13H2,1-2H3,(H,14,16). The molecular formula is C12H25N3O. The molecule has 0 aromatic carbocycles. The van der Waals surface area contributed by atoms with Gasteiger partial charge in [-0.3, -0.25) is 4.79 Å². The molecule has 4 nitrogen and oxygen atoms in total. The summed E-state index contributed by atoms with van der Waals surface area (Å²) in [4.78, 5) is 14.2. The van der Waals surface area contributed by atoms with E-state index in [1.807, 2.05) is 0 Å². The van der Waals surface area contributed by atoms with Crippen LogP contribution in [-0.2, 0) is 4.79 Å². The molecule has 4 heteroatoms. The molecule has 1 saturated carbocycles. The van der Waals surface area contributed by atoms with Crippen molar-refractivity contribution in [2.24, 2.45) is 5.73 Å². The lowest BCUT2D eigenvalue weighted by molar-refractivity contribution is -0.126. The normalized spacial score (nSPS) is 19.0. The number of nitrogens with one attached hydrogen (secondary N) is 1. The molecule has 1 aliphatic rings. The lowest BCUT2D eigenvalue weighted by Gasteiger charge is -2.24. The minimum atomic E-state index is -0.580. The van der Waals surface area contributed by atoms with E-state index in [1.54, 1.807) is 0 Å². The van der Waals surface area contributed by atoms with Gasteiger partial charge in [-0.1, -0.05) is 26.7 Å². The minimum Gasteiger partial charge on any atom is -0.353 e. The van der Waals surface area contributed by atoms with E-state index < -0.39 is 5.54 Å². The Morgan fingerprint density at radius 2 is 1.88 bits per heavy atom. The van der Waals surface area contributed by atoms with Crippen LogP contribution >= 0.6 is 0 Å². The van der Waals surface area contributed by atoms with Crippen LogP contribution in [-0.4, -0.2) is 42.5 Å². The van der Waals surface area contributed by atoms with Gasteiger partial charge < -0.3 is 16.0 Å². The van der Waals surface area contributed by atoms with Gasteiger partial charge in [-0.05, 0) is 25.9 Å². The van der Waals surface area contributed by atoms with Gasteiger partial charge in [-0.2, -0.15) is 0 Å². The van der Waals surface area contributed by atoms with Crippen molar-refractivity contribution in [3.63, 3.8) is 0 Å². The van der Waals surface area contributed by atoms with Gasteiger partial charge in [-0.15, -0.1) is 0 Å². The van der Waals surface area contributed by atoms with Crippen molar-refractivity contribution in [3.05, 3.63) is 0 Å². The third-order valence-corrected chi connectivity index (χ3v) is 3.56.